The summed E-state index contributed by atoms with van der Waals surface area (Å²) in [6, 6.07) is 2.93. The molecule has 138 valence electrons. The molecule has 1 aromatic heterocycles. The molecule has 1 saturated heterocycles. The molecule has 1 aliphatic rings. The molecule has 2 amide bonds. The number of nitrogens with two attached hydrogens (primary N) is 1. The Morgan fingerprint density at radius 3 is 2.58 bits per heavy atom. The summed E-state index contributed by atoms with van der Waals surface area (Å²) >= 11 is 2.57. The number of aromatic nitrogens is 2. The van der Waals surface area contributed by atoms with Gasteiger partial charge >= 0.3 is 0 Å². The van der Waals surface area contributed by atoms with Crippen LogP contribution in [0.2, 0.25) is 0 Å². The number of nitrogens with zero attached hydrogens (tertiary/aromatic N) is 4. The third kappa shape index (κ3) is 4.28. The molecule has 11 heteroatoms. The van der Waals surface area contributed by atoms with Crippen LogP contribution in [-0.4, -0.2) is 58.8 Å². The summed E-state index contributed by atoms with van der Waals surface area (Å²) in [4.78, 5) is 26.7. The topological polar surface area (TPSA) is 92.4 Å². The highest BCUT2D eigenvalue weighted by molar-refractivity contribution is 8.01. The second kappa shape index (κ2) is 7.96. The Labute approximate surface area is 156 Å². The van der Waals surface area contributed by atoms with E-state index in [4.69, 9.17) is 5.73 Å². The third-order valence-corrected chi connectivity index (χ3v) is 5.87. The van der Waals surface area contributed by atoms with Gasteiger partial charge < -0.3 is 15.5 Å². The van der Waals surface area contributed by atoms with Crippen molar-refractivity contribution in [3.8, 4) is 0 Å². The van der Waals surface area contributed by atoms with Crippen molar-refractivity contribution in [2.45, 2.75) is 4.34 Å². The Kier molecular flexibility index (Phi) is 5.67. The van der Waals surface area contributed by atoms with Gasteiger partial charge in [-0.05, 0) is 12.1 Å². The van der Waals surface area contributed by atoms with Gasteiger partial charge in [0.25, 0.3) is 5.91 Å². The SMILES string of the molecule is NC(=O)CSc1nnc(N2CCN(C(=O)c3ccc(F)cc3F)CC2)s1. The van der Waals surface area contributed by atoms with Crippen LogP contribution in [0.15, 0.2) is 22.5 Å². The molecular weight excluding hydrogens is 384 g/mol. The number of anilines is 1. The highest BCUT2D eigenvalue weighted by atomic mass is 32.2. The van der Waals surface area contributed by atoms with Gasteiger partial charge in [-0.3, -0.25) is 9.59 Å². The van der Waals surface area contributed by atoms with Gasteiger partial charge in [0.1, 0.15) is 11.6 Å². The Morgan fingerprint density at radius 2 is 1.92 bits per heavy atom. The fourth-order valence-electron chi connectivity index (χ4n) is 2.46. The molecule has 0 unspecified atom stereocenters. The van der Waals surface area contributed by atoms with Crippen molar-refractivity contribution in [1.29, 1.82) is 0 Å². The van der Waals surface area contributed by atoms with Crippen LogP contribution < -0.4 is 10.6 Å². The lowest BCUT2D eigenvalue weighted by molar-refractivity contribution is -0.115. The molecule has 0 aliphatic carbocycles. The van der Waals surface area contributed by atoms with Crippen molar-refractivity contribution in [2.24, 2.45) is 5.73 Å². The number of primary amides is 1. The number of carbonyl (C=O) groups excluding carboxylic acids is 2. The van der Waals surface area contributed by atoms with Gasteiger partial charge in [-0.2, -0.15) is 0 Å². The number of benzene rings is 1. The minimum atomic E-state index is -0.863. The fourth-order valence-corrected chi connectivity index (χ4v) is 4.09. The van der Waals surface area contributed by atoms with Gasteiger partial charge in [0, 0.05) is 32.2 Å². The highest BCUT2D eigenvalue weighted by Crippen LogP contribution is 2.28. The van der Waals surface area contributed by atoms with Crippen molar-refractivity contribution in [1.82, 2.24) is 15.1 Å². The first-order valence-corrected chi connectivity index (χ1v) is 9.48. The van der Waals surface area contributed by atoms with Gasteiger partial charge in [0.05, 0.1) is 11.3 Å². The number of hydrogen-bond acceptors (Lipinski definition) is 7. The van der Waals surface area contributed by atoms with Gasteiger partial charge in [-0.25, -0.2) is 8.78 Å². The van der Waals surface area contributed by atoms with E-state index in [0.717, 1.165) is 12.1 Å². The van der Waals surface area contributed by atoms with Crippen molar-refractivity contribution in [3.63, 3.8) is 0 Å². The zero-order valence-corrected chi connectivity index (χ0v) is 15.2. The van der Waals surface area contributed by atoms with E-state index in [1.165, 1.54) is 28.0 Å². The smallest absolute Gasteiger partial charge is 0.256 e. The maximum Gasteiger partial charge on any atom is 0.256 e. The third-order valence-electron chi connectivity index (χ3n) is 3.73. The molecule has 3 rings (SSSR count). The van der Waals surface area contributed by atoms with Crippen molar-refractivity contribution < 1.29 is 18.4 Å². The molecular formula is C15H15F2N5O2S2. The predicted octanol–water partition coefficient (Wildman–Crippen LogP) is 1.36. The standard InChI is InChI=1S/C15H15F2N5O2S2/c16-9-1-2-10(11(17)7-9)13(24)21-3-5-22(6-4-21)14-19-20-15(26-14)25-8-12(18)23/h1-2,7H,3-6,8H2,(H2,18,23). The average molecular weight is 399 g/mol. The Bertz CT molecular complexity index is 824. The minimum absolute atomic E-state index is 0.138. The molecule has 0 bridgehead atoms. The second-order valence-corrected chi connectivity index (χ2v) is 7.69. The zero-order chi connectivity index (χ0) is 18.7. The average Bonchev–Trinajstić information content (AvgIpc) is 3.09. The van der Waals surface area contributed by atoms with E-state index in [-0.39, 0.29) is 11.3 Å². The first-order chi connectivity index (χ1) is 12.4. The summed E-state index contributed by atoms with van der Waals surface area (Å²) in [5.41, 5.74) is 4.96. The molecule has 2 heterocycles. The molecule has 1 aliphatic heterocycles. The molecule has 7 nitrogen and oxygen atoms in total. The monoisotopic (exact) mass is 399 g/mol. The van der Waals surface area contributed by atoms with E-state index < -0.39 is 23.4 Å². The van der Waals surface area contributed by atoms with Crippen LogP contribution in [0.4, 0.5) is 13.9 Å². The van der Waals surface area contributed by atoms with Crippen LogP contribution >= 0.6 is 23.1 Å². The van der Waals surface area contributed by atoms with E-state index in [9.17, 15) is 18.4 Å². The molecule has 2 N–H and O–H groups in total. The van der Waals surface area contributed by atoms with E-state index >= 15 is 0 Å². The molecule has 0 atom stereocenters. The summed E-state index contributed by atoms with van der Waals surface area (Å²) < 4.78 is 27.4. The molecule has 0 saturated carbocycles. The second-order valence-electron chi connectivity index (χ2n) is 5.51. The van der Waals surface area contributed by atoms with E-state index in [2.05, 4.69) is 10.2 Å². The largest absolute Gasteiger partial charge is 0.369 e. The van der Waals surface area contributed by atoms with E-state index in [0.29, 0.717) is 41.7 Å². The number of thioether (sulfide) groups is 1. The lowest BCUT2D eigenvalue weighted by Gasteiger charge is -2.34. The lowest BCUT2D eigenvalue weighted by atomic mass is 10.1. The quantitative estimate of drug-likeness (QED) is 0.763. The molecule has 0 radical (unpaired) electrons. The fraction of sp³-hybridized carbons (Fsp3) is 0.333. The lowest BCUT2D eigenvalue weighted by Crippen LogP contribution is -2.49. The number of hydrogen-bond donors (Lipinski definition) is 1. The highest BCUT2D eigenvalue weighted by Gasteiger charge is 2.26. The first-order valence-electron chi connectivity index (χ1n) is 7.68. The first kappa shape index (κ1) is 18.5. The van der Waals surface area contributed by atoms with Gasteiger partial charge in [0.15, 0.2) is 4.34 Å². The molecule has 1 aromatic carbocycles. The maximum absolute atomic E-state index is 13.8. The Hall–Kier alpha value is -2.27. The minimum Gasteiger partial charge on any atom is -0.369 e. The van der Waals surface area contributed by atoms with Crippen LogP contribution in [0.3, 0.4) is 0 Å². The Balaban J connectivity index is 1.58. The number of rotatable bonds is 5. The summed E-state index contributed by atoms with van der Waals surface area (Å²) in [6.45, 7) is 1.81. The van der Waals surface area contributed by atoms with Crippen molar-refractivity contribution in [2.75, 3.05) is 36.8 Å². The number of piperazine rings is 1. The molecule has 0 spiro atoms. The summed E-state index contributed by atoms with van der Waals surface area (Å²) in [7, 11) is 0. The van der Waals surface area contributed by atoms with Gasteiger partial charge in [0.2, 0.25) is 11.0 Å². The van der Waals surface area contributed by atoms with E-state index in [1.54, 1.807) is 0 Å². The summed E-state index contributed by atoms with van der Waals surface area (Å²) in [5.74, 6) is -2.33. The van der Waals surface area contributed by atoms with Crippen LogP contribution in [-0.2, 0) is 4.79 Å². The van der Waals surface area contributed by atoms with Crippen LogP contribution in [0.5, 0.6) is 0 Å². The normalized spacial score (nSPS) is 14.5. The zero-order valence-electron chi connectivity index (χ0n) is 13.5. The molecule has 2 aromatic rings. The molecule has 1 fully saturated rings. The van der Waals surface area contributed by atoms with Crippen molar-refractivity contribution in [3.05, 3.63) is 35.4 Å². The van der Waals surface area contributed by atoms with Crippen LogP contribution in [0, 0.1) is 11.6 Å². The summed E-state index contributed by atoms with van der Waals surface area (Å²) in [6.07, 6.45) is 0. The number of carbonyl (C=O) groups is 2. The predicted molar refractivity (Wildman–Crippen MR) is 94.3 cm³/mol. The maximum atomic E-state index is 13.8. The molecule has 26 heavy (non-hydrogen) atoms. The van der Waals surface area contributed by atoms with Gasteiger partial charge in [-0.1, -0.05) is 23.1 Å². The van der Waals surface area contributed by atoms with Crippen LogP contribution in [0.1, 0.15) is 10.4 Å². The number of amides is 2. The van der Waals surface area contributed by atoms with E-state index in [1.807, 2.05) is 4.90 Å². The summed E-state index contributed by atoms with van der Waals surface area (Å²) in [5, 5.41) is 8.78. The van der Waals surface area contributed by atoms with Gasteiger partial charge in [-0.15, -0.1) is 10.2 Å². The van der Waals surface area contributed by atoms with Crippen LogP contribution in [0.25, 0.3) is 0 Å². The number of halogens is 2. The van der Waals surface area contributed by atoms with Crippen molar-refractivity contribution >= 4 is 40.0 Å². The Morgan fingerprint density at radius 1 is 1.19 bits per heavy atom.